The third-order valence-electron chi connectivity index (χ3n) is 9.37. The summed E-state index contributed by atoms with van der Waals surface area (Å²) in [5, 5.41) is 0. The Morgan fingerprint density at radius 3 is 1.14 bits per heavy atom. The highest BCUT2D eigenvalue weighted by atomic mass is 16.6. The summed E-state index contributed by atoms with van der Waals surface area (Å²) in [4.78, 5) is 75.7. The molecule has 65 heavy (non-hydrogen) atoms. The van der Waals surface area contributed by atoms with Gasteiger partial charge in [0.2, 0.25) is 0 Å². The van der Waals surface area contributed by atoms with Crippen molar-refractivity contribution in [3.05, 3.63) is 23.8 Å². The lowest BCUT2D eigenvalue weighted by molar-refractivity contribution is -0.158. The van der Waals surface area contributed by atoms with E-state index in [2.05, 4.69) is 14.7 Å². The van der Waals surface area contributed by atoms with E-state index >= 15 is 0 Å². The molecule has 0 spiro atoms. The molecule has 1 aromatic rings. The highest BCUT2D eigenvalue weighted by molar-refractivity contribution is 5.84. The van der Waals surface area contributed by atoms with Gasteiger partial charge in [-0.05, 0) is 142 Å². The van der Waals surface area contributed by atoms with E-state index in [1.165, 1.54) is 0 Å². The zero-order valence-corrected chi connectivity index (χ0v) is 43.0. The van der Waals surface area contributed by atoms with Gasteiger partial charge in [0.25, 0.3) is 0 Å². The summed E-state index contributed by atoms with van der Waals surface area (Å²) in [6.07, 6.45) is 1.48. The van der Waals surface area contributed by atoms with Gasteiger partial charge in [-0.3, -0.25) is 38.7 Å². The summed E-state index contributed by atoms with van der Waals surface area (Å²) in [5.41, 5.74) is -1.87. The number of unbranched alkanes of at least 4 members (excludes halogenated alkanes) is 1. The van der Waals surface area contributed by atoms with E-state index in [1.807, 2.05) is 92.3 Å². The third-order valence-corrected chi connectivity index (χ3v) is 9.37. The molecule has 0 radical (unpaired) electrons. The molecule has 2 rings (SSSR count). The molecule has 0 amide bonds. The van der Waals surface area contributed by atoms with Crippen LogP contribution in [0.25, 0.3) is 0 Å². The molecule has 1 aromatic carbocycles. The van der Waals surface area contributed by atoms with E-state index in [1.54, 1.807) is 46.4 Å². The maximum atomic E-state index is 13.1. The van der Waals surface area contributed by atoms with Crippen molar-refractivity contribution in [2.24, 2.45) is 0 Å². The molecule has 1 fully saturated rings. The molecule has 372 valence electrons. The van der Waals surface area contributed by atoms with Gasteiger partial charge in [0, 0.05) is 52.4 Å². The monoisotopic (exact) mass is 920 g/mol. The van der Waals surface area contributed by atoms with Gasteiger partial charge in [-0.15, -0.1) is 0 Å². The Morgan fingerprint density at radius 2 is 0.800 bits per heavy atom. The number of hydrogen-bond donors (Lipinski definition) is 0. The van der Waals surface area contributed by atoms with Crippen LogP contribution in [0.2, 0.25) is 0 Å². The van der Waals surface area contributed by atoms with Crippen LogP contribution in [0.3, 0.4) is 0 Å². The number of anilines is 1. The van der Waals surface area contributed by atoms with Crippen molar-refractivity contribution in [2.45, 2.75) is 152 Å². The van der Waals surface area contributed by atoms with Crippen LogP contribution >= 0.6 is 0 Å². The van der Waals surface area contributed by atoms with Gasteiger partial charge in [0.05, 0.1) is 31.9 Å². The van der Waals surface area contributed by atoms with E-state index in [4.69, 9.17) is 28.4 Å². The number of rotatable bonds is 17. The molecule has 16 nitrogen and oxygen atoms in total. The van der Waals surface area contributed by atoms with Gasteiger partial charge < -0.3 is 38.2 Å². The first-order valence-corrected chi connectivity index (χ1v) is 23.2. The summed E-state index contributed by atoms with van der Waals surface area (Å²) in [6.45, 7) is 34.8. The van der Waals surface area contributed by atoms with Crippen molar-refractivity contribution in [3.63, 3.8) is 0 Å². The maximum absolute atomic E-state index is 13.1. The fraction of sp³-hybridized carbons (Fsp3) is 0.776. The fourth-order valence-electron chi connectivity index (χ4n) is 6.99. The minimum atomic E-state index is -0.708. The maximum Gasteiger partial charge on any atom is 0.326 e. The number of benzene rings is 1. The Balaban J connectivity index is 2.31. The van der Waals surface area contributed by atoms with Gasteiger partial charge >= 0.3 is 29.8 Å². The highest BCUT2D eigenvalue weighted by Gasteiger charge is 2.28. The average molecular weight is 920 g/mol. The van der Waals surface area contributed by atoms with Gasteiger partial charge in [-0.25, -0.2) is 0 Å². The first-order valence-electron chi connectivity index (χ1n) is 23.2. The van der Waals surface area contributed by atoms with Gasteiger partial charge in [0.1, 0.15) is 46.8 Å². The van der Waals surface area contributed by atoms with Crippen molar-refractivity contribution >= 4 is 35.5 Å². The minimum Gasteiger partial charge on any atom is -0.491 e. The van der Waals surface area contributed by atoms with Crippen molar-refractivity contribution < 1.29 is 52.4 Å². The Kier molecular flexibility index (Phi) is 22.2. The van der Waals surface area contributed by atoms with Crippen LogP contribution in [0.5, 0.6) is 5.75 Å². The first kappa shape index (κ1) is 57.1. The lowest BCUT2D eigenvalue weighted by Crippen LogP contribution is -2.49. The Hall–Kier alpha value is -3.99. The summed E-state index contributed by atoms with van der Waals surface area (Å²) in [7, 11) is 0. The number of para-hydroxylation sites is 1. The quantitative estimate of drug-likeness (QED) is 0.103. The van der Waals surface area contributed by atoms with Crippen LogP contribution in [-0.4, -0.2) is 176 Å². The summed E-state index contributed by atoms with van der Waals surface area (Å²) < 4.78 is 34.8. The zero-order chi connectivity index (χ0) is 49.4. The highest BCUT2D eigenvalue weighted by Crippen LogP contribution is 2.33. The molecule has 0 saturated carbocycles. The van der Waals surface area contributed by atoms with Crippen molar-refractivity contribution in [1.82, 2.24) is 19.6 Å². The fourth-order valence-corrected chi connectivity index (χ4v) is 6.99. The zero-order valence-electron chi connectivity index (χ0n) is 43.0. The van der Waals surface area contributed by atoms with Gasteiger partial charge in [0.15, 0.2) is 0 Å². The van der Waals surface area contributed by atoms with Crippen LogP contribution in [-0.2, 0) is 47.7 Å². The molecule has 16 heteroatoms. The predicted molar refractivity (Wildman–Crippen MR) is 253 cm³/mol. The molecular weight excluding hydrogens is 835 g/mol. The first-order chi connectivity index (χ1) is 29.8. The SMILES string of the molecule is Cc1cccc(OCCCCN2CCN(CC(=O)OC(C)(C)C)CCN(CC(=O)OC(C)(C)C)CCN(CC(=O)OC(C)(C)C)CC2)c1N(CC(=O)OC(C)(C)C)CC(=O)OC(C)(C)C. The number of esters is 5. The van der Waals surface area contributed by atoms with Crippen molar-refractivity contribution in [1.29, 1.82) is 0 Å². The molecule has 0 N–H and O–H groups in total. The summed E-state index contributed by atoms with van der Waals surface area (Å²) in [5.74, 6) is -1.39. The van der Waals surface area contributed by atoms with Crippen LogP contribution < -0.4 is 9.64 Å². The summed E-state index contributed by atoms with van der Waals surface area (Å²) in [6, 6.07) is 5.63. The molecule has 0 bridgehead atoms. The normalized spacial score (nSPS) is 16.1. The Morgan fingerprint density at radius 1 is 0.477 bits per heavy atom. The number of carbonyl (C=O) groups is 5. The molecule has 1 heterocycles. The van der Waals surface area contributed by atoms with Crippen molar-refractivity contribution in [3.8, 4) is 5.75 Å². The molecule has 1 aliphatic rings. The average Bonchev–Trinajstić information content (AvgIpc) is 3.08. The molecule has 0 aliphatic carbocycles. The number of ether oxygens (including phenoxy) is 6. The second kappa shape index (κ2) is 25.2. The van der Waals surface area contributed by atoms with Crippen LogP contribution in [0, 0.1) is 6.92 Å². The van der Waals surface area contributed by atoms with Crippen LogP contribution in [0.1, 0.15) is 122 Å². The topological polar surface area (TPSA) is 157 Å². The largest absolute Gasteiger partial charge is 0.491 e. The van der Waals surface area contributed by atoms with Crippen LogP contribution in [0.4, 0.5) is 5.69 Å². The lowest BCUT2D eigenvalue weighted by Gasteiger charge is -2.34. The van der Waals surface area contributed by atoms with Crippen LogP contribution in [0.15, 0.2) is 18.2 Å². The number of aryl methyl sites for hydroxylation is 1. The second-order valence-electron chi connectivity index (χ2n) is 21.9. The van der Waals surface area contributed by atoms with E-state index < -0.39 is 39.9 Å². The molecule has 0 unspecified atom stereocenters. The molecule has 0 atom stereocenters. The van der Waals surface area contributed by atoms with E-state index in [-0.39, 0.29) is 50.6 Å². The smallest absolute Gasteiger partial charge is 0.326 e. The number of hydrogen-bond acceptors (Lipinski definition) is 16. The lowest BCUT2D eigenvalue weighted by atomic mass is 10.1. The predicted octanol–water partition coefficient (Wildman–Crippen LogP) is 5.89. The van der Waals surface area contributed by atoms with E-state index in [9.17, 15) is 24.0 Å². The van der Waals surface area contributed by atoms with Crippen molar-refractivity contribution in [2.75, 3.05) is 103 Å². The number of carbonyl (C=O) groups excluding carboxylic acids is 5. The van der Waals surface area contributed by atoms with E-state index in [0.717, 1.165) is 18.5 Å². The minimum absolute atomic E-state index is 0.0710. The third kappa shape index (κ3) is 26.7. The molecule has 1 saturated heterocycles. The molecule has 0 aromatic heterocycles. The van der Waals surface area contributed by atoms with Gasteiger partial charge in [-0.1, -0.05) is 12.1 Å². The summed E-state index contributed by atoms with van der Waals surface area (Å²) >= 11 is 0. The molecule has 1 aliphatic heterocycles. The number of nitrogens with zero attached hydrogens (tertiary/aromatic N) is 5. The Bertz CT molecular complexity index is 1610. The second-order valence-corrected chi connectivity index (χ2v) is 21.9. The van der Waals surface area contributed by atoms with Gasteiger partial charge in [-0.2, -0.15) is 0 Å². The van der Waals surface area contributed by atoms with E-state index in [0.29, 0.717) is 76.8 Å². The molecular formula is C49H85N5O11. The Labute approximate surface area is 390 Å². The standard InChI is InChI=1S/C49H85N5O11/c1-37-20-19-21-38(44(37)54(35-42(58)64-48(11,12)13)36-43(59)65-49(14,15)16)60-31-18-17-22-50-23-25-51(32-39(55)61-45(2,3)4)27-29-53(34-41(57)63-47(8,9)10)30-28-52(26-24-50)33-40(56)62-46(5,6)7/h19-21H,17-18,22-36H2,1-16H3.